The molecule has 0 spiro atoms. The molecule has 1 heterocycles. The number of carbonyl (C=O) groups is 1. The zero-order valence-corrected chi connectivity index (χ0v) is 12.2. The van der Waals surface area contributed by atoms with Crippen LogP contribution in [0.3, 0.4) is 0 Å². The first-order chi connectivity index (χ1) is 10.4. The van der Waals surface area contributed by atoms with Crippen LogP contribution < -0.4 is 0 Å². The normalized spacial score (nSPS) is 19.3. The molecular weight excluding hydrogens is 258 g/mol. The molecule has 1 fully saturated rings. The molecule has 2 nitrogen and oxygen atoms in total. The highest BCUT2D eigenvalue weighted by atomic mass is 16.1. The molecule has 1 aliphatic rings. The fraction of sp³-hybridized carbons (Fsp3) is 0.316. The van der Waals surface area contributed by atoms with E-state index in [-0.39, 0.29) is 6.04 Å². The van der Waals surface area contributed by atoms with E-state index in [4.69, 9.17) is 0 Å². The zero-order valence-electron chi connectivity index (χ0n) is 12.2. The third-order valence-corrected chi connectivity index (χ3v) is 4.27. The Kier molecular flexibility index (Phi) is 4.46. The molecule has 1 aliphatic heterocycles. The van der Waals surface area contributed by atoms with Crippen molar-refractivity contribution in [1.82, 2.24) is 4.90 Å². The molecule has 0 aromatic heterocycles. The van der Waals surface area contributed by atoms with E-state index < -0.39 is 0 Å². The van der Waals surface area contributed by atoms with Crippen LogP contribution in [0.15, 0.2) is 54.6 Å². The Morgan fingerprint density at radius 3 is 2.38 bits per heavy atom. The van der Waals surface area contributed by atoms with Gasteiger partial charge in [-0.2, -0.15) is 0 Å². The Morgan fingerprint density at radius 1 is 0.952 bits per heavy atom. The van der Waals surface area contributed by atoms with Crippen LogP contribution >= 0.6 is 0 Å². The van der Waals surface area contributed by atoms with Crippen LogP contribution in [-0.2, 0) is 11.3 Å². The van der Waals surface area contributed by atoms with Crippen LogP contribution in [0.25, 0.3) is 11.1 Å². The molecule has 21 heavy (non-hydrogen) atoms. The van der Waals surface area contributed by atoms with Crippen molar-refractivity contribution in [2.24, 2.45) is 0 Å². The second-order valence-electron chi connectivity index (χ2n) is 5.73. The molecule has 1 atom stereocenters. The maximum Gasteiger partial charge on any atom is 0.137 e. The summed E-state index contributed by atoms with van der Waals surface area (Å²) in [5.41, 5.74) is 3.76. The molecule has 0 aliphatic carbocycles. The van der Waals surface area contributed by atoms with E-state index in [0.717, 1.165) is 25.8 Å². The molecule has 1 unspecified atom stereocenters. The van der Waals surface area contributed by atoms with Crippen LogP contribution in [0, 0.1) is 0 Å². The topological polar surface area (TPSA) is 20.3 Å². The SMILES string of the molecule is O=CC1CCCCN1Cc1ccc(-c2ccccc2)cc1. The summed E-state index contributed by atoms with van der Waals surface area (Å²) in [5.74, 6) is 0. The fourth-order valence-electron chi connectivity index (χ4n) is 3.03. The van der Waals surface area contributed by atoms with E-state index in [9.17, 15) is 4.79 Å². The number of likely N-dealkylation sites (tertiary alicyclic amines) is 1. The van der Waals surface area contributed by atoms with Crippen molar-refractivity contribution < 1.29 is 4.79 Å². The van der Waals surface area contributed by atoms with Gasteiger partial charge in [-0.05, 0) is 36.1 Å². The van der Waals surface area contributed by atoms with Crippen molar-refractivity contribution in [3.05, 3.63) is 60.2 Å². The van der Waals surface area contributed by atoms with Crippen LogP contribution in [0.1, 0.15) is 24.8 Å². The number of benzene rings is 2. The van der Waals surface area contributed by atoms with Gasteiger partial charge in [-0.1, -0.05) is 61.0 Å². The van der Waals surface area contributed by atoms with Gasteiger partial charge in [-0.25, -0.2) is 0 Å². The first-order valence-electron chi connectivity index (χ1n) is 7.70. The highest BCUT2D eigenvalue weighted by Crippen LogP contribution is 2.22. The van der Waals surface area contributed by atoms with Crippen molar-refractivity contribution in [1.29, 1.82) is 0 Å². The summed E-state index contributed by atoms with van der Waals surface area (Å²) in [6, 6.07) is 19.2. The molecule has 0 radical (unpaired) electrons. The highest BCUT2D eigenvalue weighted by Gasteiger charge is 2.21. The van der Waals surface area contributed by atoms with Gasteiger partial charge in [0, 0.05) is 6.54 Å². The smallest absolute Gasteiger partial charge is 0.137 e. The first-order valence-corrected chi connectivity index (χ1v) is 7.70. The number of carbonyl (C=O) groups excluding carboxylic acids is 1. The van der Waals surface area contributed by atoms with Crippen LogP contribution in [0.2, 0.25) is 0 Å². The maximum absolute atomic E-state index is 11.2. The third kappa shape index (κ3) is 3.40. The average molecular weight is 279 g/mol. The number of nitrogens with zero attached hydrogens (tertiary/aromatic N) is 1. The molecule has 0 saturated carbocycles. The quantitative estimate of drug-likeness (QED) is 0.791. The Morgan fingerprint density at radius 2 is 1.67 bits per heavy atom. The first kappa shape index (κ1) is 14.0. The van der Waals surface area contributed by atoms with E-state index in [1.165, 1.54) is 29.5 Å². The Labute approximate surface area is 126 Å². The van der Waals surface area contributed by atoms with Crippen molar-refractivity contribution in [2.75, 3.05) is 6.54 Å². The predicted octanol–water partition coefficient (Wildman–Crippen LogP) is 3.91. The zero-order chi connectivity index (χ0) is 14.5. The summed E-state index contributed by atoms with van der Waals surface area (Å²) >= 11 is 0. The molecule has 0 bridgehead atoms. The largest absolute Gasteiger partial charge is 0.302 e. The summed E-state index contributed by atoms with van der Waals surface area (Å²) in [6.45, 7) is 1.91. The second kappa shape index (κ2) is 6.68. The second-order valence-corrected chi connectivity index (χ2v) is 5.73. The van der Waals surface area contributed by atoms with Gasteiger partial charge in [0.1, 0.15) is 6.29 Å². The Hall–Kier alpha value is -1.93. The van der Waals surface area contributed by atoms with Gasteiger partial charge in [-0.3, -0.25) is 4.90 Å². The van der Waals surface area contributed by atoms with Crippen molar-refractivity contribution in [3.63, 3.8) is 0 Å². The van der Waals surface area contributed by atoms with Gasteiger partial charge in [0.2, 0.25) is 0 Å². The summed E-state index contributed by atoms with van der Waals surface area (Å²) < 4.78 is 0. The lowest BCUT2D eigenvalue weighted by Gasteiger charge is -2.32. The van der Waals surface area contributed by atoms with E-state index in [1.54, 1.807) is 0 Å². The lowest BCUT2D eigenvalue weighted by molar-refractivity contribution is -0.113. The minimum Gasteiger partial charge on any atom is -0.302 e. The van der Waals surface area contributed by atoms with Gasteiger partial charge < -0.3 is 4.79 Å². The van der Waals surface area contributed by atoms with Crippen LogP contribution in [0.5, 0.6) is 0 Å². The lowest BCUT2D eigenvalue weighted by Crippen LogP contribution is -2.39. The Bertz CT molecular complexity index is 576. The average Bonchev–Trinajstić information content (AvgIpc) is 2.57. The summed E-state index contributed by atoms with van der Waals surface area (Å²) in [5, 5.41) is 0. The monoisotopic (exact) mass is 279 g/mol. The molecule has 2 aromatic rings. The molecule has 0 N–H and O–H groups in total. The van der Waals surface area contributed by atoms with Crippen molar-refractivity contribution in [2.45, 2.75) is 31.8 Å². The molecule has 2 heteroatoms. The lowest BCUT2D eigenvalue weighted by atomic mass is 10.0. The van der Waals surface area contributed by atoms with E-state index in [1.807, 2.05) is 6.07 Å². The minimum atomic E-state index is 0.104. The third-order valence-electron chi connectivity index (χ3n) is 4.27. The summed E-state index contributed by atoms with van der Waals surface area (Å²) in [6.07, 6.45) is 4.49. The molecule has 108 valence electrons. The van der Waals surface area contributed by atoms with Gasteiger partial charge >= 0.3 is 0 Å². The van der Waals surface area contributed by atoms with Gasteiger partial charge in [-0.15, -0.1) is 0 Å². The summed E-state index contributed by atoms with van der Waals surface area (Å²) in [7, 11) is 0. The van der Waals surface area contributed by atoms with E-state index in [2.05, 4.69) is 53.4 Å². The maximum atomic E-state index is 11.2. The van der Waals surface area contributed by atoms with Crippen molar-refractivity contribution >= 4 is 6.29 Å². The molecule has 0 amide bonds. The van der Waals surface area contributed by atoms with E-state index in [0.29, 0.717) is 0 Å². The van der Waals surface area contributed by atoms with Gasteiger partial charge in [0.05, 0.1) is 6.04 Å². The number of rotatable bonds is 4. The van der Waals surface area contributed by atoms with Crippen molar-refractivity contribution in [3.8, 4) is 11.1 Å². The number of hydrogen-bond donors (Lipinski definition) is 0. The van der Waals surface area contributed by atoms with Crippen LogP contribution in [-0.4, -0.2) is 23.8 Å². The molecular formula is C19H21NO. The molecule has 1 saturated heterocycles. The predicted molar refractivity (Wildman–Crippen MR) is 86.0 cm³/mol. The number of aldehydes is 1. The van der Waals surface area contributed by atoms with Gasteiger partial charge in [0.15, 0.2) is 0 Å². The highest BCUT2D eigenvalue weighted by molar-refractivity contribution is 5.63. The Balaban J connectivity index is 1.71. The number of piperidine rings is 1. The molecule has 2 aromatic carbocycles. The fourth-order valence-corrected chi connectivity index (χ4v) is 3.03. The van der Waals surface area contributed by atoms with Crippen LogP contribution in [0.4, 0.5) is 0 Å². The number of hydrogen-bond acceptors (Lipinski definition) is 2. The summed E-state index contributed by atoms with van der Waals surface area (Å²) in [4.78, 5) is 13.5. The standard InChI is InChI=1S/C19H21NO/c21-15-19-8-4-5-13-20(19)14-16-9-11-18(12-10-16)17-6-2-1-3-7-17/h1-3,6-7,9-12,15,19H,4-5,8,13-14H2. The van der Waals surface area contributed by atoms with Gasteiger partial charge in [0.25, 0.3) is 0 Å². The minimum absolute atomic E-state index is 0.104. The molecule has 3 rings (SSSR count). The van der Waals surface area contributed by atoms with E-state index >= 15 is 0 Å².